The van der Waals surface area contributed by atoms with E-state index in [1.807, 2.05) is 13.8 Å². The van der Waals surface area contributed by atoms with Gasteiger partial charge in [0.15, 0.2) is 0 Å². The number of carbonyl (C=O) groups is 2. The zero-order chi connectivity index (χ0) is 21.9. The number of nitrogens with zero attached hydrogens (tertiary/aromatic N) is 2. The Morgan fingerprint density at radius 2 is 1.90 bits per heavy atom. The predicted octanol–water partition coefficient (Wildman–Crippen LogP) is 1.44. The lowest BCUT2D eigenvalue weighted by atomic mass is 9.79. The molecule has 2 aliphatic heterocycles. The standard InChI is InChI=1S/C20H29N3O6S/c1-15(2)21-19(25)22-10-8-20(9-11-22)13-23(12-18(24)28-3)30(26,27)17-7-5-4-6-16(17)29-14-20/h4-7,15H,8-14H2,1-3H3,(H,21,25). The second kappa shape index (κ2) is 8.81. The number of benzene rings is 1. The molecule has 2 amide bonds. The minimum absolute atomic E-state index is 0.0373. The number of hydrogen-bond donors (Lipinski definition) is 1. The third kappa shape index (κ3) is 4.70. The van der Waals surface area contributed by atoms with Crippen LogP contribution in [0.15, 0.2) is 29.2 Å². The molecule has 1 spiro atoms. The molecule has 2 aliphatic rings. The van der Waals surface area contributed by atoms with Crippen molar-refractivity contribution in [2.45, 2.75) is 37.6 Å². The largest absolute Gasteiger partial charge is 0.492 e. The average Bonchev–Trinajstić information content (AvgIpc) is 2.71. The maximum absolute atomic E-state index is 13.3. The van der Waals surface area contributed by atoms with Gasteiger partial charge in [0.2, 0.25) is 10.0 Å². The Kier molecular flexibility index (Phi) is 6.56. The van der Waals surface area contributed by atoms with Crippen molar-refractivity contribution in [1.82, 2.24) is 14.5 Å². The summed E-state index contributed by atoms with van der Waals surface area (Å²) in [5.74, 6) is -0.354. The van der Waals surface area contributed by atoms with Crippen molar-refractivity contribution in [1.29, 1.82) is 0 Å². The highest BCUT2D eigenvalue weighted by atomic mass is 32.2. The maximum atomic E-state index is 13.3. The summed E-state index contributed by atoms with van der Waals surface area (Å²) in [4.78, 5) is 26.1. The first-order chi connectivity index (χ1) is 14.2. The summed E-state index contributed by atoms with van der Waals surface area (Å²) in [6.45, 7) is 4.82. The van der Waals surface area contributed by atoms with Gasteiger partial charge in [-0.15, -0.1) is 0 Å². The van der Waals surface area contributed by atoms with Crippen molar-refractivity contribution < 1.29 is 27.5 Å². The molecular weight excluding hydrogens is 410 g/mol. The molecule has 166 valence electrons. The number of fused-ring (bicyclic) bond motifs is 1. The topological polar surface area (TPSA) is 105 Å². The van der Waals surface area contributed by atoms with Gasteiger partial charge in [-0.3, -0.25) is 4.79 Å². The van der Waals surface area contributed by atoms with Gasteiger partial charge >= 0.3 is 12.0 Å². The number of amides is 2. The predicted molar refractivity (Wildman–Crippen MR) is 110 cm³/mol. The van der Waals surface area contributed by atoms with Crippen molar-refractivity contribution in [2.24, 2.45) is 5.41 Å². The summed E-state index contributed by atoms with van der Waals surface area (Å²) < 4.78 is 38.5. The van der Waals surface area contributed by atoms with Gasteiger partial charge in [-0.05, 0) is 38.8 Å². The van der Waals surface area contributed by atoms with Gasteiger partial charge in [0.05, 0.1) is 13.7 Å². The molecule has 9 nitrogen and oxygen atoms in total. The molecular formula is C20H29N3O6S. The number of ether oxygens (including phenoxy) is 2. The molecule has 0 atom stereocenters. The van der Waals surface area contributed by atoms with Gasteiger partial charge in [-0.2, -0.15) is 4.31 Å². The Bertz CT molecular complexity index is 894. The smallest absolute Gasteiger partial charge is 0.321 e. The molecule has 1 fully saturated rings. The third-order valence-electron chi connectivity index (χ3n) is 5.57. The van der Waals surface area contributed by atoms with Crippen LogP contribution in [0.2, 0.25) is 0 Å². The minimum Gasteiger partial charge on any atom is -0.492 e. The lowest BCUT2D eigenvalue weighted by molar-refractivity contribution is -0.141. The van der Waals surface area contributed by atoms with Gasteiger partial charge in [-0.1, -0.05) is 12.1 Å². The molecule has 0 unspecified atom stereocenters. The average molecular weight is 440 g/mol. The van der Waals surface area contributed by atoms with Crippen LogP contribution >= 0.6 is 0 Å². The number of methoxy groups -OCH3 is 1. The number of likely N-dealkylation sites (tertiary alicyclic amines) is 1. The lowest BCUT2D eigenvalue weighted by Gasteiger charge is -2.44. The number of sulfonamides is 1. The third-order valence-corrected chi connectivity index (χ3v) is 7.40. The fourth-order valence-electron chi connectivity index (χ4n) is 3.83. The van der Waals surface area contributed by atoms with Gasteiger partial charge in [0.25, 0.3) is 0 Å². The Morgan fingerprint density at radius 3 is 2.53 bits per heavy atom. The van der Waals surface area contributed by atoms with Crippen LogP contribution in [0.3, 0.4) is 0 Å². The van der Waals surface area contributed by atoms with Crippen molar-refractivity contribution in [3.8, 4) is 5.75 Å². The zero-order valence-electron chi connectivity index (χ0n) is 17.6. The lowest BCUT2D eigenvalue weighted by Crippen LogP contribution is -2.55. The molecule has 1 aromatic carbocycles. The zero-order valence-corrected chi connectivity index (χ0v) is 18.4. The highest BCUT2D eigenvalue weighted by Gasteiger charge is 2.44. The summed E-state index contributed by atoms with van der Waals surface area (Å²) in [7, 11) is -2.72. The van der Waals surface area contributed by atoms with E-state index in [1.165, 1.54) is 17.5 Å². The van der Waals surface area contributed by atoms with E-state index in [1.54, 1.807) is 23.1 Å². The van der Waals surface area contributed by atoms with Crippen molar-refractivity contribution in [3.05, 3.63) is 24.3 Å². The van der Waals surface area contributed by atoms with Crippen LogP contribution in [0.4, 0.5) is 4.79 Å². The number of esters is 1. The molecule has 0 bridgehead atoms. The molecule has 0 aliphatic carbocycles. The van der Waals surface area contributed by atoms with Crippen LogP contribution in [0, 0.1) is 5.41 Å². The molecule has 0 radical (unpaired) electrons. The normalized spacial score (nSPS) is 20.6. The van der Waals surface area contributed by atoms with Crippen molar-refractivity contribution in [2.75, 3.05) is 39.9 Å². The number of para-hydroxylation sites is 1. The first kappa shape index (κ1) is 22.4. The summed E-state index contributed by atoms with van der Waals surface area (Å²) in [5, 5.41) is 2.88. The number of hydrogen-bond acceptors (Lipinski definition) is 6. The highest BCUT2D eigenvalue weighted by Crippen LogP contribution is 2.39. The van der Waals surface area contributed by atoms with Crippen LogP contribution in [-0.2, 0) is 19.6 Å². The fraction of sp³-hybridized carbons (Fsp3) is 0.600. The van der Waals surface area contributed by atoms with Gasteiger partial charge in [0.1, 0.15) is 17.2 Å². The maximum Gasteiger partial charge on any atom is 0.321 e. The van der Waals surface area contributed by atoms with Gasteiger partial charge < -0.3 is 19.7 Å². The first-order valence-corrected chi connectivity index (χ1v) is 11.5. The van der Waals surface area contributed by atoms with E-state index in [0.717, 1.165) is 0 Å². The van der Waals surface area contributed by atoms with Crippen molar-refractivity contribution >= 4 is 22.0 Å². The SMILES string of the molecule is COC(=O)CN1CC2(CCN(C(=O)NC(C)C)CC2)COc2ccccc2S1(=O)=O. The molecule has 1 saturated heterocycles. The number of rotatable bonds is 3. The van der Waals surface area contributed by atoms with Crippen LogP contribution in [-0.4, -0.2) is 75.6 Å². The van der Waals surface area contributed by atoms with E-state index in [0.29, 0.717) is 32.5 Å². The molecule has 3 rings (SSSR count). The molecule has 0 saturated carbocycles. The summed E-state index contributed by atoms with van der Waals surface area (Å²) >= 11 is 0. The minimum atomic E-state index is -3.95. The van der Waals surface area contributed by atoms with E-state index in [-0.39, 0.29) is 35.8 Å². The molecule has 2 heterocycles. The van der Waals surface area contributed by atoms with E-state index >= 15 is 0 Å². The van der Waals surface area contributed by atoms with Crippen LogP contribution in [0.1, 0.15) is 26.7 Å². The Balaban J connectivity index is 1.87. The number of piperidine rings is 1. The molecule has 1 N–H and O–H groups in total. The van der Waals surface area contributed by atoms with Gasteiger partial charge in [-0.25, -0.2) is 13.2 Å². The fourth-order valence-corrected chi connectivity index (χ4v) is 5.46. The summed E-state index contributed by atoms with van der Waals surface area (Å²) in [5.41, 5.74) is -0.511. The summed E-state index contributed by atoms with van der Waals surface area (Å²) in [6.07, 6.45) is 1.13. The molecule has 10 heteroatoms. The quantitative estimate of drug-likeness (QED) is 0.715. The summed E-state index contributed by atoms with van der Waals surface area (Å²) in [6, 6.07) is 6.34. The second-order valence-corrected chi connectivity index (χ2v) is 10.1. The number of nitrogens with one attached hydrogen (secondary N) is 1. The monoisotopic (exact) mass is 439 g/mol. The molecule has 0 aromatic heterocycles. The number of carbonyl (C=O) groups excluding carboxylic acids is 2. The molecule has 30 heavy (non-hydrogen) atoms. The van der Waals surface area contributed by atoms with E-state index in [4.69, 9.17) is 9.47 Å². The van der Waals surface area contributed by atoms with Crippen molar-refractivity contribution in [3.63, 3.8) is 0 Å². The Hall–Kier alpha value is -2.33. The van der Waals surface area contributed by atoms with Crippen LogP contribution in [0.25, 0.3) is 0 Å². The van der Waals surface area contributed by atoms with E-state index < -0.39 is 21.4 Å². The van der Waals surface area contributed by atoms with E-state index in [2.05, 4.69) is 5.32 Å². The molecule has 1 aromatic rings. The second-order valence-electron chi connectivity index (χ2n) is 8.18. The van der Waals surface area contributed by atoms with E-state index in [9.17, 15) is 18.0 Å². The van der Waals surface area contributed by atoms with Crippen LogP contribution < -0.4 is 10.1 Å². The van der Waals surface area contributed by atoms with Gasteiger partial charge in [0, 0.05) is 31.1 Å². The van der Waals surface area contributed by atoms with Crippen LogP contribution in [0.5, 0.6) is 5.75 Å². The Morgan fingerprint density at radius 1 is 1.23 bits per heavy atom. The number of urea groups is 1. The Labute approximate surface area is 177 Å². The highest BCUT2D eigenvalue weighted by molar-refractivity contribution is 7.89. The first-order valence-electron chi connectivity index (χ1n) is 10.0.